The predicted molar refractivity (Wildman–Crippen MR) is 66.6 cm³/mol. The maximum Gasteiger partial charge on any atom is 0.433 e. The SMILES string of the molecule is COc1ccc(COc2ccc(C(F)(F)F)nc2)cc1. The van der Waals surface area contributed by atoms with E-state index in [4.69, 9.17) is 9.47 Å². The van der Waals surface area contributed by atoms with Crippen molar-refractivity contribution >= 4 is 0 Å². The van der Waals surface area contributed by atoms with E-state index in [-0.39, 0.29) is 12.4 Å². The molecule has 0 spiro atoms. The van der Waals surface area contributed by atoms with Crippen LogP contribution in [0.2, 0.25) is 0 Å². The molecule has 0 saturated heterocycles. The van der Waals surface area contributed by atoms with Crippen molar-refractivity contribution in [2.75, 3.05) is 7.11 Å². The number of alkyl halides is 3. The van der Waals surface area contributed by atoms with Crippen LogP contribution in [0.15, 0.2) is 42.6 Å². The van der Waals surface area contributed by atoms with Crippen molar-refractivity contribution < 1.29 is 22.6 Å². The molecule has 0 bridgehead atoms. The van der Waals surface area contributed by atoms with E-state index in [0.29, 0.717) is 0 Å². The Morgan fingerprint density at radius 2 is 1.65 bits per heavy atom. The van der Waals surface area contributed by atoms with Gasteiger partial charge < -0.3 is 9.47 Å². The van der Waals surface area contributed by atoms with Crippen molar-refractivity contribution in [3.05, 3.63) is 53.9 Å². The summed E-state index contributed by atoms with van der Waals surface area (Å²) in [4.78, 5) is 3.32. The summed E-state index contributed by atoms with van der Waals surface area (Å²) < 4.78 is 47.4. The molecule has 3 nitrogen and oxygen atoms in total. The van der Waals surface area contributed by atoms with Crippen LogP contribution in [0.3, 0.4) is 0 Å². The molecule has 20 heavy (non-hydrogen) atoms. The van der Waals surface area contributed by atoms with Crippen LogP contribution in [0.25, 0.3) is 0 Å². The van der Waals surface area contributed by atoms with E-state index >= 15 is 0 Å². The van der Waals surface area contributed by atoms with Crippen molar-refractivity contribution in [3.63, 3.8) is 0 Å². The number of hydrogen-bond donors (Lipinski definition) is 0. The topological polar surface area (TPSA) is 31.4 Å². The molecule has 0 fully saturated rings. The monoisotopic (exact) mass is 283 g/mol. The molecular formula is C14H12F3NO2. The fourth-order valence-corrected chi connectivity index (χ4v) is 1.52. The van der Waals surface area contributed by atoms with Crippen LogP contribution in [-0.2, 0) is 12.8 Å². The Balaban J connectivity index is 1.96. The maximum atomic E-state index is 12.3. The maximum absolute atomic E-state index is 12.3. The number of ether oxygens (including phenoxy) is 2. The van der Waals surface area contributed by atoms with Crippen LogP contribution >= 0.6 is 0 Å². The highest BCUT2D eigenvalue weighted by molar-refractivity contribution is 5.27. The highest BCUT2D eigenvalue weighted by Gasteiger charge is 2.32. The number of methoxy groups -OCH3 is 1. The van der Waals surface area contributed by atoms with Crippen LogP contribution in [0.4, 0.5) is 13.2 Å². The molecule has 0 aliphatic heterocycles. The molecule has 0 aliphatic carbocycles. The van der Waals surface area contributed by atoms with Crippen LogP contribution in [0.5, 0.6) is 11.5 Å². The van der Waals surface area contributed by atoms with Gasteiger partial charge in [0.25, 0.3) is 0 Å². The summed E-state index contributed by atoms with van der Waals surface area (Å²) in [7, 11) is 1.57. The van der Waals surface area contributed by atoms with Gasteiger partial charge in [0.2, 0.25) is 0 Å². The van der Waals surface area contributed by atoms with Gasteiger partial charge in [-0.1, -0.05) is 12.1 Å². The zero-order chi connectivity index (χ0) is 14.6. The lowest BCUT2D eigenvalue weighted by atomic mass is 10.2. The number of rotatable bonds is 4. The fraction of sp³-hybridized carbons (Fsp3) is 0.214. The minimum absolute atomic E-state index is 0.247. The number of aromatic nitrogens is 1. The first kappa shape index (κ1) is 14.2. The number of pyridine rings is 1. The third kappa shape index (κ3) is 3.63. The second kappa shape index (κ2) is 5.81. The molecule has 2 rings (SSSR count). The van der Waals surface area contributed by atoms with Crippen molar-refractivity contribution in [1.29, 1.82) is 0 Å². The molecule has 1 aromatic heterocycles. The molecule has 0 amide bonds. The Bertz CT molecular complexity index is 550. The van der Waals surface area contributed by atoms with Crippen molar-refractivity contribution in [1.82, 2.24) is 4.98 Å². The average molecular weight is 283 g/mol. The quantitative estimate of drug-likeness (QED) is 0.857. The second-order valence-corrected chi connectivity index (χ2v) is 4.01. The third-order valence-corrected chi connectivity index (χ3v) is 2.59. The lowest BCUT2D eigenvalue weighted by Gasteiger charge is -2.08. The summed E-state index contributed by atoms with van der Waals surface area (Å²) in [5.74, 6) is 1.01. The molecule has 1 heterocycles. The fourth-order valence-electron chi connectivity index (χ4n) is 1.52. The number of hydrogen-bond acceptors (Lipinski definition) is 3. The molecule has 0 atom stereocenters. The van der Waals surface area contributed by atoms with Gasteiger partial charge in [-0.15, -0.1) is 0 Å². The lowest BCUT2D eigenvalue weighted by molar-refractivity contribution is -0.141. The molecule has 0 saturated carbocycles. The standard InChI is InChI=1S/C14H12F3NO2/c1-19-11-4-2-10(3-5-11)9-20-12-6-7-13(18-8-12)14(15,16)17/h2-8H,9H2,1H3. The Labute approximate surface area is 114 Å². The minimum Gasteiger partial charge on any atom is -0.497 e. The van der Waals surface area contributed by atoms with Gasteiger partial charge in [-0.3, -0.25) is 0 Å². The Kier molecular flexibility index (Phi) is 4.12. The first-order valence-electron chi connectivity index (χ1n) is 5.78. The van der Waals surface area contributed by atoms with Crippen molar-refractivity contribution in [2.24, 2.45) is 0 Å². The largest absolute Gasteiger partial charge is 0.497 e. The third-order valence-electron chi connectivity index (χ3n) is 2.59. The minimum atomic E-state index is -4.44. The molecule has 1 aromatic carbocycles. The summed E-state index contributed by atoms with van der Waals surface area (Å²) >= 11 is 0. The smallest absolute Gasteiger partial charge is 0.433 e. The van der Waals surface area contributed by atoms with Gasteiger partial charge in [0.15, 0.2) is 0 Å². The van der Waals surface area contributed by atoms with E-state index in [1.165, 1.54) is 6.07 Å². The molecule has 0 unspecified atom stereocenters. The average Bonchev–Trinajstić information content (AvgIpc) is 2.45. The lowest BCUT2D eigenvalue weighted by Crippen LogP contribution is -2.07. The van der Waals surface area contributed by atoms with Gasteiger partial charge in [-0.2, -0.15) is 13.2 Å². The van der Waals surface area contributed by atoms with Crippen LogP contribution in [-0.4, -0.2) is 12.1 Å². The summed E-state index contributed by atoms with van der Waals surface area (Å²) in [6.45, 7) is 0.247. The molecular weight excluding hydrogens is 271 g/mol. The summed E-state index contributed by atoms with van der Waals surface area (Å²) in [5.41, 5.74) is -0.0556. The van der Waals surface area contributed by atoms with E-state index in [2.05, 4.69) is 4.98 Å². The Morgan fingerprint density at radius 1 is 1.00 bits per heavy atom. The van der Waals surface area contributed by atoms with Gasteiger partial charge in [0.1, 0.15) is 23.8 Å². The molecule has 2 aromatic rings. The molecule has 6 heteroatoms. The Hall–Kier alpha value is -2.24. The van der Waals surface area contributed by atoms with Gasteiger partial charge in [-0.05, 0) is 29.8 Å². The number of benzene rings is 1. The molecule has 0 N–H and O–H groups in total. The van der Waals surface area contributed by atoms with Gasteiger partial charge in [0.05, 0.1) is 13.3 Å². The van der Waals surface area contributed by atoms with E-state index in [9.17, 15) is 13.2 Å². The highest BCUT2D eigenvalue weighted by atomic mass is 19.4. The highest BCUT2D eigenvalue weighted by Crippen LogP contribution is 2.28. The zero-order valence-corrected chi connectivity index (χ0v) is 10.6. The zero-order valence-electron chi connectivity index (χ0n) is 10.6. The molecule has 106 valence electrons. The van der Waals surface area contributed by atoms with Crippen molar-refractivity contribution in [2.45, 2.75) is 12.8 Å². The number of halogens is 3. The van der Waals surface area contributed by atoms with Crippen LogP contribution in [0, 0.1) is 0 Å². The molecule has 0 aliphatic rings. The van der Waals surface area contributed by atoms with Crippen molar-refractivity contribution in [3.8, 4) is 11.5 Å². The van der Waals surface area contributed by atoms with Gasteiger partial charge in [-0.25, -0.2) is 4.98 Å². The Morgan fingerprint density at radius 3 is 2.15 bits per heavy atom. The predicted octanol–water partition coefficient (Wildman–Crippen LogP) is 3.69. The first-order chi connectivity index (χ1) is 9.49. The van der Waals surface area contributed by atoms with E-state index in [0.717, 1.165) is 23.6 Å². The summed E-state index contributed by atoms with van der Waals surface area (Å²) in [6, 6.07) is 9.34. The molecule has 0 radical (unpaired) electrons. The summed E-state index contributed by atoms with van der Waals surface area (Å²) in [5, 5.41) is 0. The van der Waals surface area contributed by atoms with E-state index in [1.54, 1.807) is 19.2 Å². The van der Waals surface area contributed by atoms with Crippen LogP contribution in [0.1, 0.15) is 11.3 Å². The first-order valence-corrected chi connectivity index (χ1v) is 5.78. The van der Waals surface area contributed by atoms with E-state index in [1.807, 2.05) is 12.1 Å². The van der Waals surface area contributed by atoms with Gasteiger partial charge >= 0.3 is 6.18 Å². The van der Waals surface area contributed by atoms with Crippen LogP contribution < -0.4 is 9.47 Å². The van der Waals surface area contributed by atoms with Gasteiger partial charge in [0, 0.05) is 0 Å². The number of nitrogens with zero attached hydrogens (tertiary/aromatic N) is 1. The normalized spacial score (nSPS) is 11.2. The van der Waals surface area contributed by atoms with E-state index < -0.39 is 11.9 Å². The summed E-state index contributed by atoms with van der Waals surface area (Å²) in [6.07, 6.45) is -3.37. The second-order valence-electron chi connectivity index (χ2n) is 4.01.